The topological polar surface area (TPSA) is 178 Å². The summed E-state index contributed by atoms with van der Waals surface area (Å²) in [7, 11) is 0. The fraction of sp³-hybridized carbons (Fsp3) is 0.268. The molecule has 0 saturated carbocycles. The van der Waals surface area contributed by atoms with Gasteiger partial charge in [0.2, 0.25) is 0 Å². The van der Waals surface area contributed by atoms with Crippen molar-refractivity contribution in [2.45, 2.75) is 73.8 Å². The number of hydrogen-bond acceptors (Lipinski definition) is 16. The molecule has 15 nitrogen and oxygen atoms in total. The maximum absolute atomic E-state index is 14.3. The van der Waals surface area contributed by atoms with Gasteiger partial charge < -0.3 is 47.4 Å². The van der Waals surface area contributed by atoms with Crippen molar-refractivity contribution in [2.24, 2.45) is 0 Å². The molecule has 9 rings (SSSR count). The Morgan fingerprint density at radius 1 is 0.472 bits per heavy atom. The summed E-state index contributed by atoms with van der Waals surface area (Å²) in [5, 5.41) is 0. The molecule has 6 aromatic carbocycles. The molecule has 3 heterocycles. The Hall–Kier alpha value is -7.18. The van der Waals surface area contributed by atoms with Gasteiger partial charge in [0.1, 0.15) is 36.5 Å². The molecule has 0 aromatic heterocycles. The second-order valence-corrected chi connectivity index (χ2v) is 18.1. The fourth-order valence-corrected chi connectivity index (χ4v) is 9.41. The predicted molar refractivity (Wildman–Crippen MR) is 260 cm³/mol. The standard InChI is InChI=1S/C56H50O15S/c1-2-72-56-48(69-53(61)39-29-17-7-18-30-39)46(67-51(59)37-25-13-5-14-26-37)44(42(65-56)33-62-49(57)35-21-9-3-10-22-35)71-55-47(68-52(60)38-27-15-6-16-28-38)45(66-50(58)36-23-11-4-12-24-36)43-41(64-55)34-63-54(70-43)40-31-19-8-20-32-40/h3-32,41-48,54-56H,2,33-34H2,1H3/t41?,42?,43-,44-,45+,46+,47?,48?,54?,55+,56+/m1/s1. The number of benzene rings is 6. The van der Waals surface area contributed by atoms with Gasteiger partial charge in [-0.2, -0.15) is 0 Å². The van der Waals surface area contributed by atoms with Gasteiger partial charge in [0.05, 0.1) is 34.4 Å². The number of fused-ring (bicyclic) bond motifs is 1. The molecule has 0 bridgehead atoms. The van der Waals surface area contributed by atoms with Gasteiger partial charge in [-0.05, 0) is 66.4 Å². The number of carbonyl (C=O) groups is 5. The molecule has 0 spiro atoms. The van der Waals surface area contributed by atoms with Crippen LogP contribution in [0, 0.1) is 0 Å². The van der Waals surface area contributed by atoms with Crippen LogP contribution in [-0.2, 0) is 47.4 Å². The van der Waals surface area contributed by atoms with Crippen LogP contribution in [0.25, 0.3) is 0 Å². The van der Waals surface area contributed by atoms with E-state index in [1.165, 1.54) is 11.8 Å². The Morgan fingerprint density at radius 3 is 1.36 bits per heavy atom. The van der Waals surface area contributed by atoms with Gasteiger partial charge in [0.25, 0.3) is 0 Å². The zero-order chi connectivity index (χ0) is 49.8. The van der Waals surface area contributed by atoms with Crippen molar-refractivity contribution < 1.29 is 71.3 Å². The number of esters is 5. The third-order valence-electron chi connectivity index (χ3n) is 12.0. The van der Waals surface area contributed by atoms with Gasteiger partial charge >= 0.3 is 29.8 Å². The van der Waals surface area contributed by atoms with E-state index in [2.05, 4.69) is 0 Å². The first-order valence-corrected chi connectivity index (χ1v) is 24.4. The molecule has 3 saturated heterocycles. The monoisotopic (exact) mass is 994 g/mol. The predicted octanol–water partition coefficient (Wildman–Crippen LogP) is 8.45. The molecule has 11 atom stereocenters. The third-order valence-corrected chi connectivity index (χ3v) is 13.0. The van der Waals surface area contributed by atoms with Crippen LogP contribution in [0.3, 0.4) is 0 Å². The van der Waals surface area contributed by atoms with E-state index < -0.39 is 103 Å². The number of carbonyl (C=O) groups excluding carboxylic acids is 5. The van der Waals surface area contributed by atoms with E-state index in [4.69, 9.17) is 47.4 Å². The highest BCUT2D eigenvalue weighted by Gasteiger charge is 2.58. The molecule has 370 valence electrons. The zero-order valence-electron chi connectivity index (χ0n) is 38.8. The average molecular weight is 995 g/mol. The van der Waals surface area contributed by atoms with E-state index in [1.807, 2.05) is 37.3 Å². The zero-order valence-corrected chi connectivity index (χ0v) is 39.6. The Labute approximate surface area is 419 Å². The summed E-state index contributed by atoms with van der Waals surface area (Å²) in [5.41, 5.74) is 0.568. The van der Waals surface area contributed by atoms with Crippen LogP contribution in [0.4, 0.5) is 0 Å². The van der Waals surface area contributed by atoms with Gasteiger partial charge in [-0.1, -0.05) is 128 Å². The van der Waals surface area contributed by atoms with Crippen LogP contribution in [0.15, 0.2) is 182 Å². The van der Waals surface area contributed by atoms with Gasteiger partial charge in [-0.15, -0.1) is 11.8 Å². The maximum Gasteiger partial charge on any atom is 0.338 e. The molecule has 16 heteroatoms. The molecule has 0 radical (unpaired) electrons. The summed E-state index contributed by atoms with van der Waals surface area (Å²) >= 11 is 1.25. The molecule has 3 aliphatic rings. The molecule has 3 fully saturated rings. The van der Waals surface area contributed by atoms with E-state index in [9.17, 15) is 24.0 Å². The number of thioether (sulfide) groups is 1. The Bertz CT molecular complexity index is 2740. The highest BCUT2D eigenvalue weighted by molar-refractivity contribution is 7.99. The molecule has 5 unspecified atom stereocenters. The smallest absolute Gasteiger partial charge is 0.338 e. The van der Waals surface area contributed by atoms with E-state index in [0.717, 1.165) is 0 Å². The van der Waals surface area contributed by atoms with E-state index in [0.29, 0.717) is 11.3 Å². The second kappa shape index (κ2) is 23.8. The molecular formula is C56H50O15S. The van der Waals surface area contributed by atoms with Crippen LogP contribution in [-0.4, -0.2) is 109 Å². The SMILES string of the molecule is CCS[C@@H]1OC(COC(=O)c2ccccc2)[C@@H](O[C@@H]2OC3COC(c4ccccc4)O[C@H]3[C@H](OC(=O)c3ccccc3)C2OC(=O)c2ccccc2)[C@H](OC(=O)c2ccccc2)C1OC(=O)c1ccccc1. The van der Waals surface area contributed by atoms with E-state index in [1.54, 1.807) is 152 Å². The summed E-state index contributed by atoms with van der Waals surface area (Å²) in [4.78, 5) is 70.6. The minimum absolute atomic E-state index is 0.124. The minimum atomic E-state index is -1.70. The Kier molecular flexibility index (Phi) is 16.5. The Balaban J connectivity index is 1.15. The summed E-state index contributed by atoms with van der Waals surface area (Å²) in [6, 6.07) is 50.2. The van der Waals surface area contributed by atoms with Crippen LogP contribution in [0.1, 0.15) is 70.6 Å². The molecule has 0 N–H and O–H groups in total. The first-order valence-electron chi connectivity index (χ1n) is 23.4. The van der Waals surface area contributed by atoms with Crippen LogP contribution < -0.4 is 0 Å². The van der Waals surface area contributed by atoms with Crippen molar-refractivity contribution in [3.8, 4) is 0 Å². The number of rotatable bonds is 16. The van der Waals surface area contributed by atoms with Crippen LogP contribution in [0.5, 0.6) is 0 Å². The summed E-state index contributed by atoms with van der Waals surface area (Å²) in [6.07, 6.45) is -13.7. The Morgan fingerprint density at radius 2 is 0.889 bits per heavy atom. The largest absolute Gasteiger partial charge is 0.459 e. The van der Waals surface area contributed by atoms with Gasteiger partial charge in [0, 0.05) is 5.56 Å². The van der Waals surface area contributed by atoms with E-state index in [-0.39, 0.29) is 34.4 Å². The molecule has 0 amide bonds. The molecule has 3 aliphatic heterocycles. The molecule has 72 heavy (non-hydrogen) atoms. The lowest BCUT2D eigenvalue weighted by atomic mass is 9.95. The summed E-state index contributed by atoms with van der Waals surface area (Å²) in [6.45, 7) is 1.26. The van der Waals surface area contributed by atoms with Gasteiger partial charge in [-0.25, -0.2) is 24.0 Å². The van der Waals surface area contributed by atoms with Crippen LogP contribution >= 0.6 is 11.8 Å². The van der Waals surface area contributed by atoms with Crippen molar-refractivity contribution in [2.75, 3.05) is 19.0 Å². The van der Waals surface area contributed by atoms with Crippen molar-refractivity contribution in [1.82, 2.24) is 0 Å². The summed E-state index contributed by atoms with van der Waals surface area (Å²) in [5.74, 6) is -3.45. The number of ether oxygens (including phenoxy) is 10. The third kappa shape index (κ3) is 11.9. The number of hydrogen-bond donors (Lipinski definition) is 0. The van der Waals surface area contributed by atoms with Crippen LogP contribution in [0.2, 0.25) is 0 Å². The first kappa shape index (κ1) is 49.8. The molecule has 6 aromatic rings. The highest BCUT2D eigenvalue weighted by atomic mass is 32.2. The normalized spacial score (nSPS) is 25.7. The average Bonchev–Trinajstić information content (AvgIpc) is 3.43. The lowest BCUT2D eigenvalue weighted by Gasteiger charge is -2.50. The van der Waals surface area contributed by atoms with Crippen molar-refractivity contribution in [1.29, 1.82) is 0 Å². The quantitative estimate of drug-likeness (QED) is 0.0666. The van der Waals surface area contributed by atoms with E-state index >= 15 is 0 Å². The second-order valence-electron chi connectivity index (χ2n) is 16.7. The van der Waals surface area contributed by atoms with Crippen molar-refractivity contribution in [3.63, 3.8) is 0 Å². The van der Waals surface area contributed by atoms with Crippen molar-refractivity contribution in [3.05, 3.63) is 215 Å². The minimum Gasteiger partial charge on any atom is -0.459 e. The highest BCUT2D eigenvalue weighted by Crippen LogP contribution is 2.41. The molecule has 0 aliphatic carbocycles. The fourth-order valence-electron chi connectivity index (χ4n) is 8.46. The first-order chi connectivity index (χ1) is 35.2. The summed E-state index contributed by atoms with van der Waals surface area (Å²) < 4.78 is 64.6. The van der Waals surface area contributed by atoms with Gasteiger partial charge in [-0.3, -0.25) is 0 Å². The lowest BCUT2D eigenvalue weighted by Crippen LogP contribution is -2.67. The van der Waals surface area contributed by atoms with Crippen molar-refractivity contribution >= 4 is 41.6 Å². The molecular weight excluding hydrogens is 945 g/mol. The maximum atomic E-state index is 14.3. The van der Waals surface area contributed by atoms with Gasteiger partial charge in [0.15, 0.2) is 37.0 Å². The lowest BCUT2D eigenvalue weighted by molar-refractivity contribution is -0.375.